The Morgan fingerprint density at radius 1 is 1.20 bits per heavy atom. The van der Waals surface area contributed by atoms with E-state index in [1.165, 1.54) is 6.07 Å². The molecule has 0 atom stereocenters. The molecule has 0 aliphatic rings. The molecule has 0 fully saturated rings. The van der Waals surface area contributed by atoms with Crippen molar-refractivity contribution in [3.05, 3.63) is 35.4 Å². The summed E-state index contributed by atoms with van der Waals surface area (Å²) in [5.74, 6) is -1.36. The number of aliphatic hydroxyl groups is 2. The van der Waals surface area contributed by atoms with Gasteiger partial charge in [0.25, 0.3) is 0 Å². The summed E-state index contributed by atoms with van der Waals surface area (Å²) >= 11 is 0. The number of benzene rings is 1. The normalized spacial score (nSPS) is 11.0. The molecule has 84 valence electrons. The topological polar surface area (TPSA) is 49.7 Å². The smallest absolute Gasteiger partial charge is 0.131 e. The number of aliphatic hydroxyl groups excluding tert-OH is 2. The minimum absolute atomic E-state index is 0.113. The van der Waals surface area contributed by atoms with Crippen molar-refractivity contribution in [1.29, 1.82) is 0 Å². The molecule has 1 rings (SSSR count). The van der Waals surface area contributed by atoms with Crippen LogP contribution < -0.4 is 0 Å². The van der Waals surface area contributed by atoms with E-state index in [-0.39, 0.29) is 25.4 Å². The fourth-order valence-corrected chi connectivity index (χ4v) is 1.01. The molecule has 0 heterocycles. The van der Waals surface area contributed by atoms with E-state index in [1.54, 1.807) is 0 Å². The second-order valence-corrected chi connectivity index (χ2v) is 3.03. The number of hydrogen-bond acceptors (Lipinski definition) is 3. The zero-order valence-electron chi connectivity index (χ0n) is 7.99. The van der Waals surface area contributed by atoms with E-state index in [0.717, 1.165) is 12.1 Å². The molecule has 3 nitrogen and oxygen atoms in total. The minimum Gasteiger partial charge on any atom is -0.394 e. The van der Waals surface area contributed by atoms with Gasteiger partial charge in [0.15, 0.2) is 0 Å². The summed E-state index contributed by atoms with van der Waals surface area (Å²) in [6.45, 7) is -0.809. The van der Waals surface area contributed by atoms with Crippen LogP contribution in [0.25, 0.3) is 0 Å². The van der Waals surface area contributed by atoms with Gasteiger partial charge in [0.2, 0.25) is 0 Å². The lowest BCUT2D eigenvalue weighted by molar-refractivity contribution is -0.0293. The Kier molecular flexibility index (Phi) is 4.61. The van der Waals surface area contributed by atoms with Crippen LogP contribution in [0.2, 0.25) is 0 Å². The first-order chi connectivity index (χ1) is 7.17. The van der Waals surface area contributed by atoms with E-state index in [0.29, 0.717) is 0 Å². The van der Waals surface area contributed by atoms with Crippen LogP contribution >= 0.6 is 0 Å². The SMILES string of the molecule is OCC(CO)OCc1ccc(F)cc1F. The Morgan fingerprint density at radius 2 is 1.87 bits per heavy atom. The summed E-state index contributed by atoms with van der Waals surface area (Å²) in [7, 11) is 0. The maximum atomic E-state index is 13.1. The van der Waals surface area contributed by atoms with Crippen LogP contribution in [0.5, 0.6) is 0 Å². The van der Waals surface area contributed by atoms with Crippen LogP contribution in [0.3, 0.4) is 0 Å². The zero-order valence-corrected chi connectivity index (χ0v) is 7.99. The lowest BCUT2D eigenvalue weighted by atomic mass is 10.2. The second kappa shape index (κ2) is 5.75. The molecule has 0 bridgehead atoms. The van der Waals surface area contributed by atoms with Crippen LogP contribution in [-0.4, -0.2) is 29.5 Å². The van der Waals surface area contributed by atoms with E-state index >= 15 is 0 Å². The predicted octanol–water partition coefficient (Wildman–Crippen LogP) is 0.835. The third kappa shape index (κ3) is 3.54. The molecule has 0 aliphatic carbocycles. The molecule has 2 N–H and O–H groups in total. The monoisotopic (exact) mass is 218 g/mol. The quantitative estimate of drug-likeness (QED) is 0.769. The van der Waals surface area contributed by atoms with Crippen LogP contribution in [-0.2, 0) is 11.3 Å². The van der Waals surface area contributed by atoms with Gasteiger partial charge in [0.1, 0.15) is 17.7 Å². The Labute approximate surface area is 85.9 Å². The molecule has 0 radical (unpaired) electrons. The van der Waals surface area contributed by atoms with Gasteiger partial charge >= 0.3 is 0 Å². The highest BCUT2D eigenvalue weighted by Crippen LogP contribution is 2.11. The Hall–Kier alpha value is -1.04. The molecule has 0 saturated carbocycles. The summed E-state index contributed by atoms with van der Waals surface area (Å²) < 4.78 is 30.6. The third-order valence-electron chi connectivity index (χ3n) is 1.90. The molecular weight excluding hydrogens is 206 g/mol. The molecule has 0 aliphatic heterocycles. The lowest BCUT2D eigenvalue weighted by Crippen LogP contribution is -2.21. The summed E-state index contributed by atoms with van der Waals surface area (Å²) in [6, 6.07) is 3.14. The molecule has 0 aromatic heterocycles. The van der Waals surface area contributed by atoms with Crippen LogP contribution in [0.15, 0.2) is 18.2 Å². The standard InChI is InChI=1S/C10H12F2O3/c11-8-2-1-7(10(12)3-8)6-15-9(4-13)5-14/h1-3,9,13-14H,4-6H2. The lowest BCUT2D eigenvalue weighted by Gasteiger charge is -2.12. The number of hydrogen-bond donors (Lipinski definition) is 2. The fourth-order valence-electron chi connectivity index (χ4n) is 1.01. The first kappa shape index (κ1) is 12.0. The average molecular weight is 218 g/mol. The van der Waals surface area contributed by atoms with Crippen molar-refractivity contribution in [2.45, 2.75) is 12.7 Å². The molecule has 1 aromatic carbocycles. The first-order valence-corrected chi connectivity index (χ1v) is 4.44. The van der Waals surface area contributed by atoms with Crippen LogP contribution in [0.1, 0.15) is 5.56 Å². The van der Waals surface area contributed by atoms with Gasteiger partial charge in [-0.15, -0.1) is 0 Å². The fraction of sp³-hybridized carbons (Fsp3) is 0.400. The van der Waals surface area contributed by atoms with E-state index < -0.39 is 17.7 Å². The van der Waals surface area contributed by atoms with E-state index in [2.05, 4.69) is 0 Å². The number of rotatable bonds is 5. The number of halogens is 2. The van der Waals surface area contributed by atoms with Crippen molar-refractivity contribution >= 4 is 0 Å². The van der Waals surface area contributed by atoms with Crippen molar-refractivity contribution in [1.82, 2.24) is 0 Å². The summed E-state index contributed by atoms with van der Waals surface area (Å²) in [5, 5.41) is 17.4. The van der Waals surface area contributed by atoms with Crippen molar-refractivity contribution in [3.63, 3.8) is 0 Å². The van der Waals surface area contributed by atoms with Crippen molar-refractivity contribution in [2.24, 2.45) is 0 Å². The van der Waals surface area contributed by atoms with Crippen molar-refractivity contribution in [2.75, 3.05) is 13.2 Å². The largest absolute Gasteiger partial charge is 0.394 e. The molecule has 15 heavy (non-hydrogen) atoms. The Bertz CT molecular complexity index is 314. The van der Waals surface area contributed by atoms with E-state index in [4.69, 9.17) is 14.9 Å². The van der Waals surface area contributed by atoms with Gasteiger partial charge in [-0.3, -0.25) is 0 Å². The Balaban J connectivity index is 2.57. The predicted molar refractivity (Wildman–Crippen MR) is 49.1 cm³/mol. The number of ether oxygens (including phenoxy) is 1. The first-order valence-electron chi connectivity index (χ1n) is 4.44. The summed E-state index contributed by atoms with van der Waals surface area (Å²) in [6.07, 6.45) is -0.741. The maximum absolute atomic E-state index is 13.1. The Morgan fingerprint density at radius 3 is 2.40 bits per heavy atom. The summed E-state index contributed by atoms with van der Waals surface area (Å²) in [5.41, 5.74) is 0.184. The average Bonchev–Trinajstić information content (AvgIpc) is 2.22. The molecular formula is C10H12F2O3. The second-order valence-electron chi connectivity index (χ2n) is 3.03. The highest BCUT2D eigenvalue weighted by atomic mass is 19.1. The van der Waals surface area contributed by atoms with Gasteiger partial charge < -0.3 is 14.9 Å². The maximum Gasteiger partial charge on any atom is 0.131 e. The van der Waals surface area contributed by atoms with Gasteiger partial charge in [-0.25, -0.2) is 8.78 Å². The zero-order chi connectivity index (χ0) is 11.3. The van der Waals surface area contributed by atoms with Crippen molar-refractivity contribution in [3.8, 4) is 0 Å². The molecule has 0 saturated heterocycles. The highest BCUT2D eigenvalue weighted by Gasteiger charge is 2.09. The van der Waals surface area contributed by atoms with Gasteiger partial charge in [0, 0.05) is 11.6 Å². The van der Waals surface area contributed by atoms with Gasteiger partial charge in [-0.05, 0) is 6.07 Å². The third-order valence-corrected chi connectivity index (χ3v) is 1.90. The van der Waals surface area contributed by atoms with Crippen molar-refractivity contribution < 1.29 is 23.7 Å². The van der Waals surface area contributed by atoms with Gasteiger partial charge in [-0.2, -0.15) is 0 Å². The molecule has 0 unspecified atom stereocenters. The van der Waals surface area contributed by atoms with E-state index in [9.17, 15) is 8.78 Å². The molecule has 0 amide bonds. The van der Waals surface area contributed by atoms with Gasteiger partial charge in [-0.1, -0.05) is 6.07 Å². The minimum atomic E-state index is -0.741. The van der Waals surface area contributed by atoms with Gasteiger partial charge in [0.05, 0.1) is 19.8 Å². The molecule has 0 spiro atoms. The highest BCUT2D eigenvalue weighted by molar-refractivity contribution is 5.17. The summed E-state index contributed by atoms with van der Waals surface area (Å²) in [4.78, 5) is 0. The molecule has 5 heteroatoms. The van der Waals surface area contributed by atoms with Crippen LogP contribution in [0, 0.1) is 11.6 Å². The van der Waals surface area contributed by atoms with Crippen LogP contribution in [0.4, 0.5) is 8.78 Å². The molecule has 1 aromatic rings. The van der Waals surface area contributed by atoms with E-state index in [1.807, 2.05) is 0 Å².